The molecule has 43 heavy (non-hydrogen) atoms. The van der Waals surface area contributed by atoms with Crippen LogP contribution in [-0.2, 0) is 9.53 Å². The van der Waals surface area contributed by atoms with Gasteiger partial charge in [-0.25, -0.2) is 9.79 Å². The SMILES string of the molecule is CCOC(=O)C1=C(c2ccccc2)N=c2s/c(=C\c3cc(I)c(OCC)c(OC)c3)c(=O)n2[C@H]1c1ccc(OCC)cc1. The molecule has 0 N–H and O–H groups in total. The van der Waals surface area contributed by atoms with Crippen molar-refractivity contribution < 1.29 is 23.7 Å². The van der Waals surface area contributed by atoms with Gasteiger partial charge in [0.15, 0.2) is 16.3 Å². The van der Waals surface area contributed by atoms with Crippen LogP contribution in [-0.4, -0.2) is 37.5 Å². The first-order valence-corrected chi connectivity index (χ1v) is 15.8. The molecule has 0 radical (unpaired) electrons. The maximum absolute atomic E-state index is 14.2. The summed E-state index contributed by atoms with van der Waals surface area (Å²) in [6.45, 7) is 6.80. The summed E-state index contributed by atoms with van der Waals surface area (Å²) in [6.07, 6.45) is 1.82. The Bertz CT molecular complexity index is 1850. The van der Waals surface area contributed by atoms with E-state index in [1.807, 2.05) is 86.7 Å². The van der Waals surface area contributed by atoms with Gasteiger partial charge < -0.3 is 18.9 Å². The van der Waals surface area contributed by atoms with E-state index in [-0.39, 0.29) is 12.2 Å². The second-order valence-corrected chi connectivity index (χ2v) is 11.6. The normalized spacial score (nSPS) is 14.6. The van der Waals surface area contributed by atoms with Gasteiger partial charge in [-0.1, -0.05) is 53.8 Å². The molecule has 1 atom stereocenters. The molecule has 0 saturated heterocycles. The molecule has 0 bridgehead atoms. The number of nitrogens with zero attached hydrogens (tertiary/aromatic N) is 2. The number of hydrogen-bond donors (Lipinski definition) is 0. The Kier molecular flexibility index (Phi) is 9.66. The maximum Gasteiger partial charge on any atom is 0.338 e. The average molecular weight is 711 g/mol. The van der Waals surface area contributed by atoms with Gasteiger partial charge in [0.2, 0.25) is 0 Å². The van der Waals surface area contributed by atoms with Crippen molar-refractivity contribution in [2.45, 2.75) is 26.8 Å². The van der Waals surface area contributed by atoms with Gasteiger partial charge in [-0.2, -0.15) is 0 Å². The van der Waals surface area contributed by atoms with Crippen molar-refractivity contribution in [3.8, 4) is 17.2 Å². The molecule has 1 aliphatic heterocycles. The Morgan fingerprint density at radius 1 is 1.00 bits per heavy atom. The van der Waals surface area contributed by atoms with Crippen molar-refractivity contribution in [2.24, 2.45) is 4.99 Å². The van der Waals surface area contributed by atoms with Crippen LogP contribution in [0.1, 0.15) is 43.5 Å². The number of halogens is 1. The van der Waals surface area contributed by atoms with Crippen LogP contribution in [0.2, 0.25) is 0 Å². The lowest BCUT2D eigenvalue weighted by Crippen LogP contribution is -2.40. The van der Waals surface area contributed by atoms with Crippen molar-refractivity contribution in [1.29, 1.82) is 0 Å². The predicted molar refractivity (Wildman–Crippen MR) is 176 cm³/mol. The zero-order valence-corrected chi connectivity index (χ0v) is 27.2. The van der Waals surface area contributed by atoms with E-state index in [1.54, 1.807) is 18.6 Å². The zero-order valence-electron chi connectivity index (χ0n) is 24.3. The van der Waals surface area contributed by atoms with Gasteiger partial charge >= 0.3 is 5.97 Å². The summed E-state index contributed by atoms with van der Waals surface area (Å²) in [7, 11) is 1.59. The number of ether oxygens (including phenoxy) is 4. The third-order valence-electron chi connectivity index (χ3n) is 6.72. The van der Waals surface area contributed by atoms with Gasteiger partial charge in [0.25, 0.3) is 5.56 Å². The number of fused-ring (bicyclic) bond motifs is 1. The lowest BCUT2D eigenvalue weighted by Gasteiger charge is -2.26. The molecular weight excluding hydrogens is 679 g/mol. The first-order valence-electron chi connectivity index (χ1n) is 13.9. The molecule has 4 aromatic rings. The number of carbonyl (C=O) groups is 1. The molecule has 2 heterocycles. The molecule has 0 aliphatic carbocycles. The molecule has 0 fully saturated rings. The monoisotopic (exact) mass is 710 g/mol. The highest BCUT2D eigenvalue weighted by atomic mass is 127. The Morgan fingerprint density at radius 2 is 1.72 bits per heavy atom. The number of thiazole rings is 1. The van der Waals surface area contributed by atoms with Crippen LogP contribution in [0.4, 0.5) is 0 Å². The Balaban J connectivity index is 1.77. The van der Waals surface area contributed by atoms with Crippen LogP contribution in [0.25, 0.3) is 11.8 Å². The molecule has 0 spiro atoms. The van der Waals surface area contributed by atoms with E-state index in [0.717, 1.165) is 20.3 Å². The summed E-state index contributed by atoms with van der Waals surface area (Å²) in [5.41, 5.74) is 2.78. The molecule has 10 heteroatoms. The first-order chi connectivity index (χ1) is 20.9. The number of methoxy groups -OCH3 is 1. The van der Waals surface area contributed by atoms with E-state index in [9.17, 15) is 9.59 Å². The number of hydrogen-bond acceptors (Lipinski definition) is 8. The fraction of sp³-hybridized carbons (Fsp3) is 0.242. The Labute approximate surface area is 267 Å². The highest BCUT2D eigenvalue weighted by Crippen LogP contribution is 2.36. The third-order valence-corrected chi connectivity index (χ3v) is 8.50. The third kappa shape index (κ3) is 6.25. The summed E-state index contributed by atoms with van der Waals surface area (Å²) >= 11 is 3.47. The highest BCUT2D eigenvalue weighted by molar-refractivity contribution is 14.1. The number of carbonyl (C=O) groups excluding carboxylic acids is 1. The lowest BCUT2D eigenvalue weighted by molar-refractivity contribution is -0.138. The van der Waals surface area contributed by atoms with Gasteiger partial charge in [0.1, 0.15) is 5.75 Å². The van der Waals surface area contributed by atoms with Crippen molar-refractivity contribution in [1.82, 2.24) is 4.57 Å². The maximum atomic E-state index is 14.2. The second kappa shape index (κ2) is 13.6. The molecule has 1 aliphatic rings. The van der Waals surface area contributed by atoms with Gasteiger partial charge in [0.05, 0.1) is 52.3 Å². The lowest BCUT2D eigenvalue weighted by atomic mass is 9.93. The van der Waals surface area contributed by atoms with Crippen LogP contribution < -0.4 is 29.1 Å². The molecule has 0 amide bonds. The molecule has 0 saturated carbocycles. The highest BCUT2D eigenvalue weighted by Gasteiger charge is 2.35. The number of benzene rings is 3. The van der Waals surface area contributed by atoms with Crippen molar-refractivity contribution >= 4 is 51.7 Å². The van der Waals surface area contributed by atoms with Gasteiger partial charge in [-0.3, -0.25) is 9.36 Å². The van der Waals surface area contributed by atoms with Gasteiger partial charge in [0, 0.05) is 5.56 Å². The number of aromatic nitrogens is 1. The smallest absolute Gasteiger partial charge is 0.338 e. The minimum Gasteiger partial charge on any atom is -0.494 e. The van der Waals surface area contributed by atoms with Gasteiger partial charge in [-0.05, 0) is 84.8 Å². The van der Waals surface area contributed by atoms with E-state index in [0.29, 0.717) is 51.1 Å². The Hall–Kier alpha value is -3.90. The van der Waals surface area contributed by atoms with Crippen molar-refractivity contribution in [3.05, 3.63) is 112 Å². The number of rotatable bonds is 10. The van der Waals surface area contributed by atoms with Crippen molar-refractivity contribution in [3.63, 3.8) is 0 Å². The van der Waals surface area contributed by atoms with Crippen LogP contribution in [0, 0.1) is 3.57 Å². The first kappa shape index (κ1) is 30.6. The molecule has 1 aromatic heterocycles. The Morgan fingerprint density at radius 3 is 2.37 bits per heavy atom. The molecule has 8 nitrogen and oxygen atoms in total. The molecule has 0 unspecified atom stereocenters. The summed E-state index contributed by atoms with van der Waals surface area (Å²) < 4.78 is 25.5. The van der Waals surface area contributed by atoms with Crippen LogP contribution >= 0.6 is 33.9 Å². The van der Waals surface area contributed by atoms with Crippen LogP contribution in [0.3, 0.4) is 0 Å². The molecule has 222 valence electrons. The number of esters is 1. The molecule has 3 aromatic carbocycles. The van der Waals surface area contributed by atoms with Gasteiger partial charge in [-0.15, -0.1) is 0 Å². The largest absolute Gasteiger partial charge is 0.494 e. The quantitative estimate of drug-likeness (QED) is 0.163. The van der Waals surface area contributed by atoms with E-state index in [4.69, 9.17) is 23.9 Å². The van der Waals surface area contributed by atoms with E-state index in [2.05, 4.69) is 22.6 Å². The molecular formula is C33H31IN2O6S. The summed E-state index contributed by atoms with van der Waals surface area (Å²) in [4.78, 5) is 33.2. The topological polar surface area (TPSA) is 88.4 Å². The zero-order chi connectivity index (χ0) is 30.5. The fourth-order valence-corrected chi connectivity index (χ4v) is 6.71. The van der Waals surface area contributed by atoms with Crippen LogP contribution in [0.5, 0.6) is 17.2 Å². The minimum absolute atomic E-state index is 0.184. The standard InChI is InChI=1S/C33H31IN2O6S/c1-5-40-23-15-13-22(14-16-23)29-27(32(38)42-7-3)28(21-11-9-8-10-12-21)35-33-36(29)31(37)26(43-33)19-20-17-24(34)30(41-6-2)25(18-20)39-4/h8-19,29H,5-7H2,1-4H3/b26-19-/t29-/m0/s1. The summed E-state index contributed by atoms with van der Waals surface area (Å²) in [5, 5.41) is 0. The summed E-state index contributed by atoms with van der Waals surface area (Å²) in [6, 6.07) is 19.9. The van der Waals surface area contributed by atoms with Crippen LogP contribution in [0.15, 0.2) is 82.1 Å². The summed E-state index contributed by atoms with van der Waals surface area (Å²) in [5.74, 6) is 1.41. The van der Waals surface area contributed by atoms with E-state index in [1.165, 1.54) is 11.3 Å². The predicted octanol–water partition coefficient (Wildman–Crippen LogP) is 5.35. The minimum atomic E-state index is -0.765. The molecule has 5 rings (SSSR count). The van der Waals surface area contributed by atoms with E-state index < -0.39 is 12.0 Å². The fourth-order valence-electron chi connectivity index (χ4n) is 4.93. The van der Waals surface area contributed by atoms with Crippen molar-refractivity contribution in [2.75, 3.05) is 26.9 Å². The second-order valence-electron chi connectivity index (χ2n) is 9.40. The average Bonchev–Trinajstić information content (AvgIpc) is 3.32. The van der Waals surface area contributed by atoms with E-state index >= 15 is 0 Å².